The van der Waals surface area contributed by atoms with Gasteiger partial charge in [-0.1, -0.05) is 40.2 Å². The molecule has 2 aromatic carbocycles. The predicted molar refractivity (Wildman–Crippen MR) is 90.5 cm³/mol. The third-order valence-electron chi connectivity index (χ3n) is 3.03. The van der Waals surface area contributed by atoms with Gasteiger partial charge in [0.15, 0.2) is 9.84 Å². The molecule has 0 aliphatic heterocycles. The number of amides is 1. The van der Waals surface area contributed by atoms with Gasteiger partial charge in [0.2, 0.25) is 5.91 Å². The second-order valence-corrected chi connectivity index (χ2v) is 7.82. The van der Waals surface area contributed by atoms with E-state index in [1.165, 1.54) is 0 Å². The predicted octanol–water partition coefficient (Wildman–Crippen LogP) is 3.64. The summed E-state index contributed by atoms with van der Waals surface area (Å²) >= 11 is 3.33. The van der Waals surface area contributed by atoms with Crippen LogP contribution in [0.3, 0.4) is 0 Å². The standard InChI is InChI=1S/C16H16BrNO3S/c17-13-6-4-7-14(12-13)18-16(19)10-5-11-22(20,21)15-8-2-1-3-9-15/h1-4,6-9,12H,5,10-11H2,(H,18,19). The quantitative estimate of drug-likeness (QED) is 0.830. The average molecular weight is 382 g/mol. The van der Waals surface area contributed by atoms with E-state index in [1.54, 1.807) is 42.5 Å². The number of sulfone groups is 1. The van der Waals surface area contributed by atoms with Crippen LogP contribution < -0.4 is 5.32 Å². The monoisotopic (exact) mass is 381 g/mol. The van der Waals surface area contributed by atoms with Crippen molar-refractivity contribution in [1.29, 1.82) is 0 Å². The summed E-state index contributed by atoms with van der Waals surface area (Å²) in [7, 11) is -3.32. The fourth-order valence-corrected chi connectivity index (χ4v) is 3.69. The van der Waals surface area contributed by atoms with Gasteiger partial charge in [0.1, 0.15) is 0 Å². The molecule has 1 amide bonds. The second kappa shape index (κ2) is 7.56. The summed E-state index contributed by atoms with van der Waals surface area (Å²) in [6.45, 7) is 0. The Labute approximate surface area is 138 Å². The number of nitrogens with one attached hydrogen (secondary N) is 1. The van der Waals surface area contributed by atoms with Crippen molar-refractivity contribution in [1.82, 2.24) is 0 Å². The van der Waals surface area contributed by atoms with E-state index >= 15 is 0 Å². The molecule has 0 saturated carbocycles. The highest BCUT2D eigenvalue weighted by molar-refractivity contribution is 9.10. The lowest BCUT2D eigenvalue weighted by Crippen LogP contribution is -2.14. The Bertz CT molecular complexity index is 745. The number of halogens is 1. The molecule has 0 saturated heterocycles. The van der Waals surface area contributed by atoms with Gasteiger partial charge in [-0.2, -0.15) is 0 Å². The van der Waals surface area contributed by atoms with Crippen LogP contribution >= 0.6 is 15.9 Å². The topological polar surface area (TPSA) is 63.2 Å². The summed E-state index contributed by atoms with van der Waals surface area (Å²) in [6.07, 6.45) is 0.454. The molecule has 0 heterocycles. The number of hydrogen-bond acceptors (Lipinski definition) is 3. The fraction of sp³-hybridized carbons (Fsp3) is 0.188. The number of hydrogen-bond donors (Lipinski definition) is 1. The molecule has 0 unspecified atom stereocenters. The van der Waals surface area contributed by atoms with Crippen molar-refractivity contribution in [3.63, 3.8) is 0 Å². The van der Waals surface area contributed by atoms with Crippen molar-refractivity contribution < 1.29 is 13.2 Å². The van der Waals surface area contributed by atoms with E-state index in [1.807, 2.05) is 12.1 Å². The van der Waals surface area contributed by atoms with E-state index in [0.717, 1.165) is 4.47 Å². The molecule has 116 valence electrons. The van der Waals surface area contributed by atoms with Gasteiger partial charge in [-0.15, -0.1) is 0 Å². The zero-order valence-electron chi connectivity index (χ0n) is 11.8. The second-order valence-electron chi connectivity index (χ2n) is 4.79. The highest BCUT2D eigenvalue weighted by atomic mass is 79.9. The summed E-state index contributed by atoms with van der Waals surface area (Å²) < 4.78 is 25.0. The molecule has 1 N–H and O–H groups in total. The number of benzene rings is 2. The van der Waals surface area contributed by atoms with Crippen LogP contribution in [0, 0.1) is 0 Å². The molecule has 2 rings (SSSR count). The molecule has 0 fully saturated rings. The van der Waals surface area contributed by atoms with Gasteiger partial charge in [-0.05, 0) is 36.8 Å². The summed E-state index contributed by atoms with van der Waals surface area (Å²) in [4.78, 5) is 12.1. The summed E-state index contributed by atoms with van der Waals surface area (Å²) in [5.41, 5.74) is 0.685. The summed E-state index contributed by atoms with van der Waals surface area (Å²) in [5, 5.41) is 2.75. The third kappa shape index (κ3) is 4.96. The largest absolute Gasteiger partial charge is 0.326 e. The highest BCUT2D eigenvalue weighted by Crippen LogP contribution is 2.16. The van der Waals surface area contributed by atoms with Crippen molar-refractivity contribution in [2.45, 2.75) is 17.7 Å². The van der Waals surface area contributed by atoms with Crippen LogP contribution in [-0.4, -0.2) is 20.1 Å². The molecular formula is C16H16BrNO3S. The van der Waals surface area contributed by atoms with Crippen molar-refractivity contribution in [2.24, 2.45) is 0 Å². The lowest BCUT2D eigenvalue weighted by atomic mass is 10.3. The van der Waals surface area contributed by atoms with E-state index in [-0.39, 0.29) is 24.5 Å². The zero-order chi connectivity index (χ0) is 16.0. The normalized spacial score (nSPS) is 11.1. The molecule has 0 aliphatic rings. The number of carbonyl (C=O) groups excluding carboxylic acids is 1. The minimum Gasteiger partial charge on any atom is -0.326 e. The Hall–Kier alpha value is -1.66. The van der Waals surface area contributed by atoms with E-state index in [4.69, 9.17) is 0 Å². The van der Waals surface area contributed by atoms with Gasteiger partial charge in [0, 0.05) is 16.6 Å². The minimum atomic E-state index is -3.32. The molecule has 0 radical (unpaired) electrons. The average Bonchev–Trinajstić information content (AvgIpc) is 2.48. The molecule has 0 bridgehead atoms. The Kier molecular flexibility index (Phi) is 5.74. The van der Waals surface area contributed by atoms with Gasteiger partial charge in [-0.25, -0.2) is 8.42 Å². The first kappa shape index (κ1) is 16.7. The first-order valence-electron chi connectivity index (χ1n) is 6.80. The van der Waals surface area contributed by atoms with Crippen LogP contribution in [0.1, 0.15) is 12.8 Å². The lowest BCUT2D eigenvalue weighted by molar-refractivity contribution is -0.116. The maximum atomic E-state index is 12.1. The smallest absolute Gasteiger partial charge is 0.224 e. The van der Waals surface area contributed by atoms with Crippen molar-refractivity contribution in [2.75, 3.05) is 11.1 Å². The van der Waals surface area contributed by atoms with Gasteiger partial charge < -0.3 is 5.32 Å². The number of carbonyl (C=O) groups is 1. The third-order valence-corrected chi connectivity index (χ3v) is 5.34. The van der Waals surface area contributed by atoms with Crippen molar-refractivity contribution >= 4 is 37.4 Å². The summed E-state index contributed by atoms with van der Waals surface area (Å²) in [6, 6.07) is 15.5. The molecule has 22 heavy (non-hydrogen) atoms. The number of anilines is 1. The minimum absolute atomic E-state index is 0.0388. The van der Waals surface area contributed by atoms with Gasteiger partial charge in [0.05, 0.1) is 10.6 Å². The van der Waals surface area contributed by atoms with Gasteiger partial charge in [-0.3, -0.25) is 4.79 Å². The fourth-order valence-electron chi connectivity index (χ4n) is 1.96. The van der Waals surface area contributed by atoms with Gasteiger partial charge in [0.25, 0.3) is 0 Å². The molecule has 4 nitrogen and oxygen atoms in total. The van der Waals surface area contributed by atoms with E-state index in [2.05, 4.69) is 21.2 Å². The highest BCUT2D eigenvalue weighted by Gasteiger charge is 2.14. The van der Waals surface area contributed by atoms with Crippen LogP contribution in [0.2, 0.25) is 0 Å². The first-order chi connectivity index (χ1) is 10.5. The lowest BCUT2D eigenvalue weighted by Gasteiger charge is -2.06. The molecular weight excluding hydrogens is 366 g/mol. The van der Waals surface area contributed by atoms with Gasteiger partial charge >= 0.3 is 0 Å². The maximum Gasteiger partial charge on any atom is 0.224 e. The van der Waals surface area contributed by atoms with Crippen molar-refractivity contribution in [3.8, 4) is 0 Å². The Balaban J connectivity index is 1.85. The number of rotatable bonds is 6. The van der Waals surface area contributed by atoms with Crippen LogP contribution in [0.25, 0.3) is 0 Å². The zero-order valence-corrected chi connectivity index (χ0v) is 14.2. The molecule has 6 heteroatoms. The molecule has 0 atom stereocenters. The Morgan fingerprint density at radius 3 is 2.45 bits per heavy atom. The van der Waals surface area contributed by atoms with Crippen LogP contribution in [0.5, 0.6) is 0 Å². The molecule has 0 aliphatic carbocycles. The van der Waals surface area contributed by atoms with E-state index in [0.29, 0.717) is 10.6 Å². The molecule has 2 aromatic rings. The van der Waals surface area contributed by atoms with E-state index in [9.17, 15) is 13.2 Å². The summed E-state index contributed by atoms with van der Waals surface area (Å²) in [5.74, 6) is -0.232. The molecule has 0 spiro atoms. The Morgan fingerprint density at radius 2 is 1.77 bits per heavy atom. The molecule has 0 aromatic heterocycles. The first-order valence-corrected chi connectivity index (χ1v) is 9.25. The van der Waals surface area contributed by atoms with Crippen LogP contribution in [0.4, 0.5) is 5.69 Å². The SMILES string of the molecule is O=C(CCCS(=O)(=O)c1ccccc1)Nc1cccc(Br)c1. The van der Waals surface area contributed by atoms with Crippen molar-refractivity contribution in [3.05, 3.63) is 59.1 Å². The van der Waals surface area contributed by atoms with E-state index < -0.39 is 9.84 Å². The van der Waals surface area contributed by atoms with Crippen LogP contribution in [0.15, 0.2) is 64.0 Å². The van der Waals surface area contributed by atoms with Crippen LogP contribution in [-0.2, 0) is 14.6 Å². The maximum absolute atomic E-state index is 12.1. The Morgan fingerprint density at radius 1 is 1.05 bits per heavy atom.